The van der Waals surface area contributed by atoms with Gasteiger partial charge in [-0.15, -0.1) is 0 Å². The molecule has 0 spiro atoms. The molecule has 2 aliphatic heterocycles. The minimum atomic E-state index is -0.780. The number of aliphatic carboxylic acids is 1. The number of rotatable bonds is 11. The molecule has 4 aromatic rings. The van der Waals surface area contributed by atoms with E-state index in [1.54, 1.807) is 7.11 Å². The molecule has 6 rings (SSSR count). The topological polar surface area (TPSA) is 97.5 Å². The van der Waals surface area contributed by atoms with Crippen LogP contribution < -0.4 is 9.47 Å². The highest BCUT2D eigenvalue weighted by atomic mass is 16.5. The molecule has 3 aromatic carbocycles. The molecule has 9 nitrogen and oxygen atoms in total. The number of oxazole rings is 1. The van der Waals surface area contributed by atoms with Crippen molar-refractivity contribution in [3.8, 4) is 34.1 Å². The first-order valence-corrected chi connectivity index (χ1v) is 15.1. The molecule has 0 bridgehead atoms. The van der Waals surface area contributed by atoms with Gasteiger partial charge in [0.1, 0.15) is 23.1 Å². The Morgan fingerprint density at radius 3 is 2.70 bits per heavy atom. The van der Waals surface area contributed by atoms with Gasteiger partial charge in [-0.05, 0) is 73.7 Å². The maximum absolute atomic E-state index is 11.7. The van der Waals surface area contributed by atoms with Crippen LogP contribution in [0.3, 0.4) is 0 Å². The first-order chi connectivity index (χ1) is 21.0. The highest BCUT2D eigenvalue weighted by Gasteiger charge is 2.31. The summed E-state index contributed by atoms with van der Waals surface area (Å²) in [4.78, 5) is 21.0. The lowest BCUT2D eigenvalue weighted by Gasteiger charge is -2.26. The predicted molar refractivity (Wildman–Crippen MR) is 165 cm³/mol. The van der Waals surface area contributed by atoms with Crippen molar-refractivity contribution in [3.63, 3.8) is 0 Å². The normalized spacial score (nSPS) is 17.9. The summed E-state index contributed by atoms with van der Waals surface area (Å²) in [6, 6.07) is 17.7. The van der Waals surface area contributed by atoms with E-state index in [0.717, 1.165) is 85.8 Å². The number of likely N-dealkylation sites (tertiary alicyclic amines) is 1. The van der Waals surface area contributed by atoms with Gasteiger partial charge in [-0.25, -0.2) is 4.98 Å². The van der Waals surface area contributed by atoms with Gasteiger partial charge in [0.2, 0.25) is 5.89 Å². The molecule has 9 heteroatoms. The molecule has 2 fully saturated rings. The maximum Gasteiger partial charge on any atom is 0.320 e. The summed E-state index contributed by atoms with van der Waals surface area (Å²) in [5.74, 6) is 1.28. The van der Waals surface area contributed by atoms with E-state index in [1.807, 2.05) is 41.3 Å². The van der Waals surface area contributed by atoms with Crippen LogP contribution in [0.25, 0.3) is 33.7 Å². The van der Waals surface area contributed by atoms with Crippen molar-refractivity contribution in [1.29, 1.82) is 0 Å². The van der Waals surface area contributed by atoms with Gasteiger partial charge in [0.15, 0.2) is 5.58 Å². The fourth-order valence-electron chi connectivity index (χ4n) is 6.18. The van der Waals surface area contributed by atoms with Gasteiger partial charge in [0.25, 0.3) is 0 Å². The Morgan fingerprint density at radius 2 is 1.88 bits per heavy atom. The number of hydrogen-bond donors (Lipinski definition) is 1. The van der Waals surface area contributed by atoms with Crippen molar-refractivity contribution in [2.24, 2.45) is 0 Å². The minimum absolute atomic E-state index is 0.474. The number of morpholine rings is 1. The molecule has 0 aliphatic carbocycles. The SMILES string of the molecule is COc1cc2oc(-c3cccc(-c4cccc(OCCCN5CCOCC5)c4)c3C)nc2cc1CN1CCC[C@H]1C(=O)O. The second kappa shape index (κ2) is 13.2. The summed E-state index contributed by atoms with van der Waals surface area (Å²) in [6.45, 7) is 8.61. The minimum Gasteiger partial charge on any atom is -0.496 e. The molecule has 2 saturated heterocycles. The van der Waals surface area contributed by atoms with Crippen LogP contribution in [0.1, 0.15) is 30.4 Å². The molecule has 1 atom stereocenters. The largest absolute Gasteiger partial charge is 0.496 e. The Bertz CT molecular complexity index is 1580. The zero-order chi connectivity index (χ0) is 29.8. The van der Waals surface area contributed by atoms with Gasteiger partial charge < -0.3 is 23.7 Å². The summed E-state index contributed by atoms with van der Waals surface area (Å²) in [6.07, 6.45) is 2.50. The molecule has 0 saturated carbocycles. The molecule has 2 aliphatic rings. The fourth-order valence-corrected chi connectivity index (χ4v) is 6.18. The van der Waals surface area contributed by atoms with E-state index in [0.29, 0.717) is 42.3 Å². The third kappa shape index (κ3) is 6.54. The standard InChI is InChI=1S/C34H39N3O6/c1-23-27(24-7-3-8-26(19-24)42-16-6-12-36-14-17-41-18-15-36)9-4-10-28(23)33-35-29-20-25(31(40-2)21-32(29)43-33)22-37-13-5-11-30(37)34(38)39/h3-4,7-10,19-21,30H,5-6,11-18,22H2,1-2H3,(H,38,39)/t30-/m0/s1. The van der Waals surface area contributed by atoms with Crippen LogP contribution in [0.5, 0.6) is 11.5 Å². The third-order valence-electron chi connectivity index (χ3n) is 8.51. The smallest absolute Gasteiger partial charge is 0.320 e. The lowest BCUT2D eigenvalue weighted by molar-refractivity contribution is -0.142. The zero-order valence-electron chi connectivity index (χ0n) is 24.9. The molecule has 226 valence electrons. The van der Waals surface area contributed by atoms with Crippen LogP contribution in [0.4, 0.5) is 0 Å². The van der Waals surface area contributed by atoms with Crippen molar-refractivity contribution >= 4 is 17.1 Å². The Hall–Kier alpha value is -3.92. The number of carboxylic acids is 1. The highest BCUT2D eigenvalue weighted by Crippen LogP contribution is 2.36. The summed E-state index contributed by atoms with van der Waals surface area (Å²) in [5.41, 5.74) is 6.38. The van der Waals surface area contributed by atoms with Crippen LogP contribution in [-0.2, 0) is 16.1 Å². The van der Waals surface area contributed by atoms with E-state index >= 15 is 0 Å². The van der Waals surface area contributed by atoms with E-state index in [1.165, 1.54) is 0 Å². The highest BCUT2D eigenvalue weighted by molar-refractivity contribution is 5.82. The van der Waals surface area contributed by atoms with Crippen molar-refractivity contribution in [1.82, 2.24) is 14.8 Å². The third-order valence-corrected chi connectivity index (χ3v) is 8.51. The van der Waals surface area contributed by atoms with Gasteiger partial charge in [0.05, 0.1) is 26.9 Å². The fraction of sp³-hybridized carbons (Fsp3) is 0.412. The Balaban J connectivity index is 1.20. The van der Waals surface area contributed by atoms with Gasteiger partial charge in [0, 0.05) is 43.4 Å². The Kier molecular flexibility index (Phi) is 8.92. The molecular weight excluding hydrogens is 546 g/mol. The van der Waals surface area contributed by atoms with Crippen LogP contribution in [-0.4, -0.2) is 85.0 Å². The van der Waals surface area contributed by atoms with E-state index in [-0.39, 0.29) is 0 Å². The van der Waals surface area contributed by atoms with Crippen LogP contribution in [0.2, 0.25) is 0 Å². The first kappa shape index (κ1) is 29.2. The van der Waals surface area contributed by atoms with Gasteiger partial charge in [-0.3, -0.25) is 14.6 Å². The molecule has 0 unspecified atom stereocenters. The molecule has 1 N–H and O–H groups in total. The molecule has 0 amide bonds. The maximum atomic E-state index is 11.7. The molecule has 0 radical (unpaired) electrons. The number of carbonyl (C=O) groups is 1. The van der Waals surface area contributed by atoms with E-state index in [9.17, 15) is 9.90 Å². The van der Waals surface area contributed by atoms with Crippen LogP contribution >= 0.6 is 0 Å². The Morgan fingerprint density at radius 1 is 1.07 bits per heavy atom. The van der Waals surface area contributed by atoms with E-state index < -0.39 is 12.0 Å². The second-order valence-electron chi connectivity index (χ2n) is 11.3. The first-order valence-electron chi connectivity index (χ1n) is 15.1. The summed E-state index contributed by atoms with van der Waals surface area (Å²) in [5, 5.41) is 9.62. The average Bonchev–Trinajstić information content (AvgIpc) is 3.66. The van der Waals surface area contributed by atoms with Crippen LogP contribution in [0, 0.1) is 6.92 Å². The number of methoxy groups -OCH3 is 1. The van der Waals surface area contributed by atoms with Crippen molar-refractivity contribution in [2.75, 3.05) is 53.1 Å². The number of fused-ring (bicyclic) bond motifs is 1. The summed E-state index contributed by atoms with van der Waals surface area (Å²) in [7, 11) is 1.62. The van der Waals surface area contributed by atoms with Crippen molar-refractivity contribution < 1.29 is 28.5 Å². The number of nitrogens with zero attached hydrogens (tertiary/aromatic N) is 3. The van der Waals surface area contributed by atoms with Gasteiger partial charge in [-0.2, -0.15) is 0 Å². The van der Waals surface area contributed by atoms with Crippen molar-refractivity contribution in [3.05, 3.63) is 65.7 Å². The number of carboxylic acid groups (broad SMARTS) is 1. The lowest BCUT2D eigenvalue weighted by Crippen LogP contribution is -2.37. The van der Waals surface area contributed by atoms with Crippen LogP contribution in [0.15, 0.2) is 59.0 Å². The number of ether oxygens (including phenoxy) is 3. The Labute approximate surface area is 252 Å². The number of benzene rings is 3. The quantitative estimate of drug-likeness (QED) is 0.225. The molecule has 3 heterocycles. The molecule has 43 heavy (non-hydrogen) atoms. The van der Waals surface area contributed by atoms with Crippen molar-refractivity contribution in [2.45, 2.75) is 38.8 Å². The molecule has 1 aromatic heterocycles. The summed E-state index contributed by atoms with van der Waals surface area (Å²) < 4.78 is 23.5. The van der Waals surface area contributed by atoms with E-state index in [2.05, 4.69) is 30.0 Å². The number of aromatic nitrogens is 1. The molecular formula is C34H39N3O6. The summed E-state index contributed by atoms with van der Waals surface area (Å²) >= 11 is 0. The predicted octanol–water partition coefficient (Wildman–Crippen LogP) is 5.63. The van der Waals surface area contributed by atoms with Gasteiger partial charge in [-0.1, -0.05) is 24.3 Å². The zero-order valence-corrected chi connectivity index (χ0v) is 24.9. The van der Waals surface area contributed by atoms with Gasteiger partial charge >= 0.3 is 5.97 Å². The monoisotopic (exact) mass is 585 g/mol. The lowest BCUT2D eigenvalue weighted by atomic mass is 9.96. The second-order valence-corrected chi connectivity index (χ2v) is 11.3. The van der Waals surface area contributed by atoms with E-state index in [4.69, 9.17) is 23.6 Å². The average molecular weight is 586 g/mol. The number of hydrogen-bond acceptors (Lipinski definition) is 8.